The van der Waals surface area contributed by atoms with Crippen molar-refractivity contribution in [3.05, 3.63) is 48.0 Å². The number of hydrogen-bond donors (Lipinski definition) is 2. The Morgan fingerprint density at radius 3 is 2.53 bits per heavy atom. The van der Waals surface area contributed by atoms with Gasteiger partial charge in [0, 0.05) is 6.54 Å². The Bertz CT molecular complexity index is 332. The highest BCUT2D eigenvalue weighted by atomic mass is 16.4. The number of carboxylic acid groups (broad SMARTS) is 1. The second-order valence-electron chi connectivity index (χ2n) is 3.48. The van der Waals surface area contributed by atoms with E-state index in [4.69, 9.17) is 5.11 Å². The molecule has 0 amide bonds. The third-order valence-corrected chi connectivity index (χ3v) is 2.09. The molecule has 0 saturated heterocycles. The van der Waals surface area contributed by atoms with Crippen LogP contribution in [0.4, 0.5) is 0 Å². The average molecular weight is 205 g/mol. The van der Waals surface area contributed by atoms with Gasteiger partial charge in [0.25, 0.3) is 0 Å². The van der Waals surface area contributed by atoms with Crippen LogP contribution in [0.3, 0.4) is 0 Å². The molecule has 0 aliphatic heterocycles. The standard InChI is InChI=1S/C12H15NO2/c1-9(2)11(12(14)15)13-8-10-6-4-3-5-7-10/h3-7,11,13H,1,8H2,2H3,(H,14,15)/t11-/m0/s1. The van der Waals surface area contributed by atoms with Gasteiger partial charge >= 0.3 is 5.97 Å². The lowest BCUT2D eigenvalue weighted by Gasteiger charge is -2.13. The minimum Gasteiger partial charge on any atom is -0.480 e. The van der Waals surface area contributed by atoms with E-state index in [1.54, 1.807) is 6.92 Å². The summed E-state index contributed by atoms with van der Waals surface area (Å²) in [4.78, 5) is 10.8. The molecule has 0 radical (unpaired) electrons. The third kappa shape index (κ3) is 3.56. The first-order valence-electron chi connectivity index (χ1n) is 4.77. The summed E-state index contributed by atoms with van der Waals surface area (Å²) in [7, 11) is 0. The molecule has 15 heavy (non-hydrogen) atoms. The topological polar surface area (TPSA) is 49.3 Å². The summed E-state index contributed by atoms with van der Waals surface area (Å²) in [5.74, 6) is -0.890. The van der Waals surface area contributed by atoms with Crippen LogP contribution in [0.25, 0.3) is 0 Å². The van der Waals surface area contributed by atoms with Gasteiger partial charge in [0.2, 0.25) is 0 Å². The molecule has 1 rings (SSSR count). The van der Waals surface area contributed by atoms with E-state index in [2.05, 4.69) is 11.9 Å². The van der Waals surface area contributed by atoms with Gasteiger partial charge in [-0.15, -0.1) is 0 Å². The second-order valence-corrected chi connectivity index (χ2v) is 3.48. The summed E-state index contributed by atoms with van der Waals surface area (Å²) in [5, 5.41) is 11.8. The summed E-state index contributed by atoms with van der Waals surface area (Å²) >= 11 is 0. The smallest absolute Gasteiger partial charge is 0.324 e. The minimum atomic E-state index is -0.890. The summed E-state index contributed by atoms with van der Waals surface area (Å²) in [6.45, 7) is 5.88. The molecule has 80 valence electrons. The van der Waals surface area contributed by atoms with Crippen LogP contribution in [0, 0.1) is 0 Å². The van der Waals surface area contributed by atoms with Gasteiger partial charge in [0.1, 0.15) is 6.04 Å². The van der Waals surface area contributed by atoms with E-state index < -0.39 is 12.0 Å². The van der Waals surface area contributed by atoms with Crippen LogP contribution in [0.2, 0.25) is 0 Å². The molecule has 1 aromatic rings. The molecule has 2 N–H and O–H groups in total. The van der Waals surface area contributed by atoms with Gasteiger partial charge in [0.05, 0.1) is 0 Å². The molecule has 3 heteroatoms. The van der Waals surface area contributed by atoms with E-state index in [1.165, 1.54) is 0 Å². The molecule has 0 fully saturated rings. The van der Waals surface area contributed by atoms with Crippen molar-refractivity contribution in [1.29, 1.82) is 0 Å². The number of benzene rings is 1. The zero-order chi connectivity index (χ0) is 11.3. The fraction of sp³-hybridized carbons (Fsp3) is 0.250. The Kier molecular flexibility index (Phi) is 4.06. The number of hydrogen-bond acceptors (Lipinski definition) is 2. The predicted octanol–water partition coefficient (Wildman–Crippen LogP) is 1.81. The van der Waals surface area contributed by atoms with E-state index in [0.29, 0.717) is 12.1 Å². The number of rotatable bonds is 5. The van der Waals surface area contributed by atoms with Crippen LogP contribution < -0.4 is 5.32 Å². The summed E-state index contributed by atoms with van der Waals surface area (Å²) in [6, 6.07) is 9.00. The number of nitrogens with one attached hydrogen (secondary N) is 1. The normalized spacial score (nSPS) is 12.1. The summed E-state index contributed by atoms with van der Waals surface area (Å²) in [6.07, 6.45) is 0. The Hall–Kier alpha value is -1.61. The van der Waals surface area contributed by atoms with E-state index in [1.807, 2.05) is 30.3 Å². The summed E-state index contributed by atoms with van der Waals surface area (Å²) < 4.78 is 0. The van der Waals surface area contributed by atoms with Crippen LogP contribution in [0.1, 0.15) is 12.5 Å². The fourth-order valence-electron chi connectivity index (χ4n) is 1.29. The van der Waals surface area contributed by atoms with Crippen molar-refractivity contribution >= 4 is 5.97 Å². The molecule has 0 unspecified atom stereocenters. The highest BCUT2D eigenvalue weighted by Gasteiger charge is 2.16. The van der Waals surface area contributed by atoms with Crippen molar-refractivity contribution in [1.82, 2.24) is 5.32 Å². The van der Waals surface area contributed by atoms with E-state index in [-0.39, 0.29) is 0 Å². The maximum Gasteiger partial charge on any atom is 0.324 e. The van der Waals surface area contributed by atoms with Crippen molar-refractivity contribution in [3.63, 3.8) is 0 Å². The van der Waals surface area contributed by atoms with Gasteiger partial charge in [-0.2, -0.15) is 0 Å². The molecule has 1 atom stereocenters. The van der Waals surface area contributed by atoms with Gasteiger partial charge in [0.15, 0.2) is 0 Å². The zero-order valence-electron chi connectivity index (χ0n) is 8.73. The highest BCUT2D eigenvalue weighted by molar-refractivity contribution is 5.77. The van der Waals surface area contributed by atoms with Crippen molar-refractivity contribution in [2.45, 2.75) is 19.5 Å². The lowest BCUT2D eigenvalue weighted by molar-refractivity contribution is -0.138. The lowest BCUT2D eigenvalue weighted by Crippen LogP contribution is -2.36. The molecular formula is C12H15NO2. The number of aliphatic carboxylic acids is 1. The lowest BCUT2D eigenvalue weighted by atomic mass is 10.1. The van der Waals surface area contributed by atoms with Crippen LogP contribution in [0.5, 0.6) is 0 Å². The first-order chi connectivity index (χ1) is 7.11. The minimum absolute atomic E-state index is 0.532. The van der Waals surface area contributed by atoms with Crippen molar-refractivity contribution in [2.75, 3.05) is 0 Å². The molecule has 0 bridgehead atoms. The molecule has 0 aliphatic rings. The number of carboxylic acids is 1. The van der Waals surface area contributed by atoms with Gasteiger partial charge in [-0.1, -0.05) is 42.5 Å². The molecule has 0 aromatic heterocycles. The van der Waals surface area contributed by atoms with Gasteiger partial charge in [-0.3, -0.25) is 10.1 Å². The third-order valence-electron chi connectivity index (χ3n) is 2.09. The molecule has 0 heterocycles. The van der Waals surface area contributed by atoms with Gasteiger partial charge in [-0.25, -0.2) is 0 Å². The zero-order valence-corrected chi connectivity index (χ0v) is 8.73. The number of carbonyl (C=O) groups is 1. The highest BCUT2D eigenvalue weighted by Crippen LogP contribution is 2.02. The maximum absolute atomic E-state index is 10.8. The molecule has 0 aliphatic carbocycles. The van der Waals surface area contributed by atoms with Crippen LogP contribution in [-0.4, -0.2) is 17.1 Å². The van der Waals surface area contributed by atoms with Crippen LogP contribution in [0.15, 0.2) is 42.5 Å². The monoisotopic (exact) mass is 205 g/mol. The van der Waals surface area contributed by atoms with Gasteiger partial charge < -0.3 is 5.11 Å². The Morgan fingerprint density at radius 2 is 2.07 bits per heavy atom. The van der Waals surface area contributed by atoms with E-state index in [0.717, 1.165) is 5.56 Å². The van der Waals surface area contributed by atoms with Crippen LogP contribution >= 0.6 is 0 Å². The van der Waals surface area contributed by atoms with E-state index >= 15 is 0 Å². The fourth-order valence-corrected chi connectivity index (χ4v) is 1.29. The van der Waals surface area contributed by atoms with Crippen molar-refractivity contribution in [2.24, 2.45) is 0 Å². The molecule has 0 spiro atoms. The SMILES string of the molecule is C=C(C)[C@H](NCc1ccccc1)C(=O)O. The second kappa shape index (κ2) is 5.32. The van der Waals surface area contributed by atoms with E-state index in [9.17, 15) is 4.79 Å². The first-order valence-corrected chi connectivity index (χ1v) is 4.77. The van der Waals surface area contributed by atoms with Crippen molar-refractivity contribution < 1.29 is 9.90 Å². The molecular weight excluding hydrogens is 190 g/mol. The molecule has 1 aromatic carbocycles. The first kappa shape index (κ1) is 11.5. The van der Waals surface area contributed by atoms with Crippen LogP contribution in [-0.2, 0) is 11.3 Å². The Morgan fingerprint density at radius 1 is 1.47 bits per heavy atom. The largest absolute Gasteiger partial charge is 0.480 e. The molecule has 3 nitrogen and oxygen atoms in total. The quantitative estimate of drug-likeness (QED) is 0.721. The van der Waals surface area contributed by atoms with Gasteiger partial charge in [-0.05, 0) is 12.5 Å². The maximum atomic E-state index is 10.8. The average Bonchev–Trinajstić information content (AvgIpc) is 2.18. The molecule has 0 saturated carbocycles. The predicted molar refractivity (Wildman–Crippen MR) is 59.5 cm³/mol. The Balaban J connectivity index is 2.55. The van der Waals surface area contributed by atoms with Crippen molar-refractivity contribution in [3.8, 4) is 0 Å². The summed E-state index contributed by atoms with van der Waals surface area (Å²) in [5.41, 5.74) is 1.67. The Labute approximate surface area is 89.4 Å².